The van der Waals surface area contributed by atoms with Gasteiger partial charge in [0.2, 0.25) is 0 Å². The molecule has 5 nitrogen and oxygen atoms in total. The molecule has 100 valence electrons. The summed E-state index contributed by atoms with van der Waals surface area (Å²) in [5.41, 5.74) is 0. The minimum Gasteiger partial charge on any atom is -0.377 e. The van der Waals surface area contributed by atoms with Crippen molar-refractivity contribution in [2.75, 3.05) is 24.8 Å². The maximum absolute atomic E-state index is 5.08. The van der Waals surface area contributed by atoms with E-state index in [-0.39, 0.29) is 0 Å². The molecule has 2 N–H and O–H groups in total. The lowest BCUT2D eigenvalue weighted by Crippen LogP contribution is -2.17. The Balaban J connectivity index is 2.02. The van der Waals surface area contributed by atoms with Gasteiger partial charge in [-0.3, -0.25) is 0 Å². The van der Waals surface area contributed by atoms with Gasteiger partial charge in [-0.15, -0.1) is 0 Å². The summed E-state index contributed by atoms with van der Waals surface area (Å²) < 4.78 is 5.08. The van der Waals surface area contributed by atoms with Crippen LogP contribution in [0.5, 0.6) is 0 Å². The SMILES string of the molecule is CNc1cc(NC(C)CC2CC2)nc(COC)n1. The molecule has 0 saturated heterocycles. The van der Waals surface area contributed by atoms with E-state index in [9.17, 15) is 0 Å². The van der Waals surface area contributed by atoms with E-state index in [1.165, 1.54) is 19.3 Å². The quantitative estimate of drug-likeness (QED) is 0.777. The van der Waals surface area contributed by atoms with Gasteiger partial charge in [-0.25, -0.2) is 9.97 Å². The molecule has 0 spiro atoms. The molecule has 0 bridgehead atoms. The minimum absolute atomic E-state index is 0.432. The maximum Gasteiger partial charge on any atom is 0.158 e. The van der Waals surface area contributed by atoms with Crippen molar-refractivity contribution in [2.45, 2.75) is 38.8 Å². The van der Waals surface area contributed by atoms with Crippen molar-refractivity contribution in [1.29, 1.82) is 0 Å². The molecule has 1 aliphatic rings. The summed E-state index contributed by atoms with van der Waals surface area (Å²) in [4.78, 5) is 8.79. The molecule has 1 saturated carbocycles. The zero-order chi connectivity index (χ0) is 13.0. The molecule has 0 amide bonds. The van der Waals surface area contributed by atoms with E-state index < -0.39 is 0 Å². The van der Waals surface area contributed by atoms with E-state index >= 15 is 0 Å². The number of hydrogen-bond donors (Lipinski definition) is 2. The molecular formula is C13H22N4O. The first-order valence-electron chi connectivity index (χ1n) is 6.52. The normalized spacial score (nSPS) is 16.4. The van der Waals surface area contributed by atoms with Crippen molar-refractivity contribution in [1.82, 2.24) is 9.97 Å². The Hall–Kier alpha value is -1.36. The predicted molar refractivity (Wildman–Crippen MR) is 72.7 cm³/mol. The fourth-order valence-corrected chi connectivity index (χ4v) is 2.06. The van der Waals surface area contributed by atoms with Gasteiger partial charge in [0, 0.05) is 26.3 Å². The summed E-state index contributed by atoms with van der Waals surface area (Å²) in [5, 5.41) is 6.49. The monoisotopic (exact) mass is 250 g/mol. The number of anilines is 2. The van der Waals surface area contributed by atoms with Gasteiger partial charge in [0.1, 0.15) is 18.2 Å². The molecule has 2 rings (SSSR count). The Morgan fingerprint density at radius 2 is 2.11 bits per heavy atom. The number of methoxy groups -OCH3 is 1. The number of rotatable bonds is 7. The second kappa shape index (κ2) is 6.00. The summed E-state index contributed by atoms with van der Waals surface area (Å²) in [6, 6.07) is 2.38. The smallest absolute Gasteiger partial charge is 0.158 e. The summed E-state index contributed by atoms with van der Waals surface area (Å²) >= 11 is 0. The summed E-state index contributed by atoms with van der Waals surface area (Å²) in [7, 11) is 3.51. The highest BCUT2D eigenvalue weighted by molar-refractivity contribution is 5.47. The Bertz CT molecular complexity index is 393. The molecule has 1 heterocycles. The number of hydrogen-bond acceptors (Lipinski definition) is 5. The first-order chi connectivity index (χ1) is 8.71. The molecular weight excluding hydrogens is 228 g/mol. The maximum atomic E-state index is 5.08. The van der Waals surface area contributed by atoms with E-state index in [2.05, 4.69) is 27.5 Å². The van der Waals surface area contributed by atoms with Crippen molar-refractivity contribution in [3.05, 3.63) is 11.9 Å². The van der Waals surface area contributed by atoms with Gasteiger partial charge in [-0.2, -0.15) is 0 Å². The van der Waals surface area contributed by atoms with Gasteiger partial charge in [-0.1, -0.05) is 12.8 Å². The average Bonchev–Trinajstić information content (AvgIpc) is 3.12. The molecule has 0 radical (unpaired) electrons. The van der Waals surface area contributed by atoms with Crippen LogP contribution in [-0.4, -0.2) is 30.2 Å². The van der Waals surface area contributed by atoms with Gasteiger partial charge in [-0.05, 0) is 19.3 Å². The lowest BCUT2D eigenvalue weighted by atomic mass is 10.1. The largest absolute Gasteiger partial charge is 0.377 e. The van der Waals surface area contributed by atoms with Crippen molar-refractivity contribution < 1.29 is 4.74 Å². The predicted octanol–water partition coefficient (Wildman–Crippen LogP) is 2.27. The second-order valence-corrected chi connectivity index (χ2v) is 4.96. The lowest BCUT2D eigenvalue weighted by molar-refractivity contribution is 0.178. The lowest BCUT2D eigenvalue weighted by Gasteiger charge is -2.15. The Labute approximate surface area is 108 Å². The zero-order valence-electron chi connectivity index (χ0n) is 11.4. The molecule has 1 aromatic heterocycles. The van der Waals surface area contributed by atoms with E-state index in [0.29, 0.717) is 18.5 Å². The van der Waals surface area contributed by atoms with Crippen molar-refractivity contribution in [2.24, 2.45) is 5.92 Å². The number of ether oxygens (including phenoxy) is 1. The Kier molecular flexibility index (Phi) is 4.36. The van der Waals surface area contributed by atoms with Gasteiger partial charge in [0.05, 0.1) is 0 Å². The fraction of sp³-hybridized carbons (Fsp3) is 0.692. The van der Waals surface area contributed by atoms with Gasteiger partial charge in [0.25, 0.3) is 0 Å². The third-order valence-corrected chi connectivity index (χ3v) is 3.08. The molecule has 0 aliphatic heterocycles. The second-order valence-electron chi connectivity index (χ2n) is 4.96. The van der Waals surface area contributed by atoms with Crippen LogP contribution in [0.15, 0.2) is 6.07 Å². The van der Waals surface area contributed by atoms with E-state index in [0.717, 1.165) is 17.6 Å². The van der Waals surface area contributed by atoms with Crippen molar-refractivity contribution >= 4 is 11.6 Å². The van der Waals surface area contributed by atoms with Crippen LogP contribution in [0.25, 0.3) is 0 Å². The van der Waals surface area contributed by atoms with Crippen LogP contribution in [0.1, 0.15) is 32.0 Å². The van der Waals surface area contributed by atoms with Gasteiger partial charge in [0.15, 0.2) is 5.82 Å². The van der Waals surface area contributed by atoms with Gasteiger partial charge < -0.3 is 15.4 Å². The highest BCUT2D eigenvalue weighted by Gasteiger charge is 2.23. The first kappa shape index (κ1) is 13.1. The summed E-state index contributed by atoms with van der Waals surface area (Å²) in [5.74, 6) is 3.30. The van der Waals surface area contributed by atoms with E-state index in [1.807, 2.05) is 13.1 Å². The first-order valence-corrected chi connectivity index (χ1v) is 6.52. The third kappa shape index (κ3) is 3.84. The molecule has 0 aromatic carbocycles. The van der Waals surface area contributed by atoms with E-state index in [4.69, 9.17) is 4.74 Å². The van der Waals surface area contributed by atoms with Gasteiger partial charge >= 0.3 is 0 Å². The van der Waals surface area contributed by atoms with E-state index in [1.54, 1.807) is 7.11 Å². The topological polar surface area (TPSA) is 59.1 Å². The van der Waals surface area contributed by atoms with Crippen LogP contribution in [0, 0.1) is 5.92 Å². The van der Waals surface area contributed by atoms with Crippen molar-refractivity contribution in [3.63, 3.8) is 0 Å². The molecule has 1 aliphatic carbocycles. The molecule has 1 unspecified atom stereocenters. The summed E-state index contributed by atoms with van der Waals surface area (Å²) in [6.07, 6.45) is 3.98. The zero-order valence-corrected chi connectivity index (χ0v) is 11.4. The molecule has 5 heteroatoms. The highest BCUT2D eigenvalue weighted by atomic mass is 16.5. The molecule has 18 heavy (non-hydrogen) atoms. The van der Waals surface area contributed by atoms with Crippen LogP contribution in [0.3, 0.4) is 0 Å². The fourth-order valence-electron chi connectivity index (χ4n) is 2.06. The third-order valence-electron chi connectivity index (χ3n) is 3.08. The van der Waals surface area contributed by atoms with Crippen LogP contribution in [-0.2, 0) is 11.3 Å². The minimum atomic E-state index is 0.432. The molecule has 1 aromatic rings. The van der Waals surface area contributed by atoms with Crippen LogP contribution < -0.4 is 10.6 Å². The Morgan fingerprint density at radius 3 is 2.72 bits per heavy atom. The van der Waals surface area contributed by atoms with Crippen LogP contribution >= 0.6 is 0 Å². The van der Waals surface area contributed by atoms with Crippen LogP contribution in [0.4, 0.5) is 11.6 Å². The molecule has 1 atom stereocenters. The number of aromatic nitrogens is 2. The Morgan fingerprint density at radius 1 is 1.39 bits per heavy atom. The standard InChI is InChI=1S/C13H22N4O/c1-9(6-10-4-5-10)15-12-7-11(14-2)16-13(17-12)8-18-3/h7,9-10H,4-6,8H2,1-3H3,(H2,14,15,16,17). The summed E-state index contributed by atoms with van der Waals surface area (Å²) in [6.45, 7) is 2.64. The highest BCUT2D eigenvalue weighted by Crippen LogP contribution is 2.34. The molecule has 1 fully saturated rings. The van der Waals surface area contributed by atoms with Crippen molar-refractivity contribution in [3.8, 4) is 0 Å². The van der Waals surface area contributed by atoms with Crippen LogP contribution in [0.2, 0.25) is 0 Å². The number of nitrogens with zero attached hydrogens (tertiary/aromatic N) is 2. The average molecular weight is 250 g/mol. The number of nitrogens with one attached hydrogen (secondary N) is 2.